The van der Waals surface area contributed by atoms with Crippen molar-refractivity contribution in [3.63, 3.8) is 0 Å². The van der Waals surface area contributed by atoms with Crippen LogP contribution in [0.25, 0.3) is 4.96 Å². The Hall–Kier alpha value is -1.07. The van der Waals surface area contributed by atoms with E-state index in [0.29, 0.717) is 0 Å². The number of ether oxygens (including phenoxy) is 1. The van der Waals surface area contributed by atoms with Crippen molar-refractivity contribution in [1.29, 1.82) is 0 Å². The Labute approximate surface area is 105 Å². The van der Waals surface area contributed by atoms with Gasteiger partial charge in [0.25, 0.3) is 0 Å². The van der Waals surface area contributed by atoms with E-state index < -0.39 is 0 Å². The fourth-order valence-corrected chi connectivity index (χ4v) is 2.78. The molecular formula is C12H17N3OS. The summed E-state index contributed by atoms with van der Waals surface area (Å²) in [6, 6.07) is 0. The molecule has 0 aromatic carbocycles. The molecule has 2 aromatic heterocycles. The number of nitrogens with zero attached hydrogens (tertiary/aromatic N) is 2. The number of aromatic nitrogens is 2. The molecule has 0 spiro atoms. The first-order valence-electron chi connectivity index (χ1n) is 6.07. The number of hydrogen-bond donors (Lipinski definition) is 1. The molecule has 1 aliphatic rings. The van der Waals surface area contributed by atoms with Crippen LogP contribution in [0.3, 0.4) is 0 Å². The van der Waals surface area contributed by atoms with Crippen LogP contribution in [0.4, 0.5) is 0 Å². The summed E-state index contributed by atoms with van der Waals surface area (Å²) in [7, 11) is 1.68. The maximum atomic E-state index is 5.31. The van der Waals surface area contributed by atoms with Crippen molar-refractivity contribution in [2.45, 2.75) is 25.8 Å². The first-order valence-corrected chi connectivity index (χ1v) is 6.95. The SMILES string of the molecule is COc1nc2sccn2c1CNCCC1CC1. The zero-order valence-electron chi connectivity index (χ0n) is 9.98. The Morgan fingerprint density at radius 3 is 3.24 bits per heavy atom. The van der Waals surface area contributed by atoms with Crippen molar-refractivity contribution in [1.82, 2.24) is 14.7 Å². The lowest BCUT2D eigenvalue weighted by atomic mass is 10.3. The largest absolute Gasteiger partial charge is 0.480 e. The highest BCUT2D eigenvalue weighted by atomic mass is 32.1. The van der Waals surface area contributed by atoms with Crippen LogP contribution in [0.1, 0.15) is 25.0 Å². The molecule has 0 saturated heterocycles. The predicted octanol–water partition coefficient (Wildman–Crippen LogP) is 2.29. The van der Waals surface area contributed by atoms with E-state index in [4.69, 9.17) is 4.74 Å². The summed E-state index contributed by atoms with van der Waals surface area (Å²) < 4.78 is 7.42. The van der Waals surface area contributed by atoms with Crippen LogP contribution in [0.15, 0.2) is 11.6 Å². The number of imidazole rings is 1. The fraction of sp³-hybridized carbons (Fsp3) is 0.583. The van der Waals surface area contributed by atoms with Gasteiger partial charge in [-0.2, -0.15) is 4.98 Å². The topological polar surface area (TPSA) is 38.6 Å². The van der Waals surface area contributed by atoms with Crippen LogP contribution in [0.5, 0.6) is 5.88 Å². The Morgan fingerprint density at radius 1 is 1.59 bits per heavy atom. The molecule has 17 heavy (non-hydrogen) atoms. The van der Waals surface area contributed by atoms with E-state index in [9.17, 15) is 0 Å². The monoisotopic (exact) mass is 251 g/mol. The Bertz CT molecular complexity index is 501. The van der Waals surface area contributed by atoms with E-state index in [1.54, 1.807) is 18.4 Å². The zero-order chi connectivity index (χ0) is 11.7. The highest BCUT2D eigenvalue weighted by molar-refractivity contribution is 7.15. The standard InChI is InChI=1S/C12H17N3OS/c1-16-11-10(8-13-5-4-9-2-3-9)15-6-7-17-12(15)14-11/h6-7,9,13H,2-5,8H2,1H3. The Morgan fingerprint density at radius 2 is 2.47 bits per heavy atom. The van der Waals surface area contributed by atoms with E-state index in [0.717, 1.165) is 35.5 Å². The Kier molecular flexibility index (Phi) is 3.03. The molecule has 1 saturated carbocycles. The van der Waals surface area contributed by atoms with Crippen LogP contribution < -0.4 is 10.1 Å². The van der Waals surface area contributed by atoms with Gasteiger partial charge in [-0.15, -0.1) is 11.3 Å². The summed E-state index contributed by atoms with van der Waals surface area (Å²) in [6.45, 7) is 1.92. The molecule has 1 N–H and O–H groups in total. The average molecular weight is 251 g/mol. The molecule has 5 heteroatoms. The van der Waals surface area contributed by atoms with Crippen molar-refractivity contribution in [3.8, 4) is 5.88 Å². The summed E-state index contributed by atoms with van der Waals surface area (Å²) in [5.74, 6) is 1.73. The van der Waals surface area contributed by atoms with Gasteiger partial charge in [0.15, 0.2) is 4.96 Å². The molecule has 0 atom stereocenters. The summed E-state index contributed by atoms with van der Waals surface area (Å²) in [5.41, 5.74) is 1.12. The number of fused-ring (bicyclic) bond motifs is 1. The van der Waals surface area contributed by atoms with Gasteiger partial charge in [0, 0.05) is 18.1 Å². The molecular weight excluding hydrogens is 234 g/mol. The molecule has 0 radical (unpaired) electrons. The lowest BCUT2D eigenvalue weighted by Crippen LogP contribution is -2.16. The van der Waals surface area contributed by atoms with Gasteiger partial charge in [0.05, 0.1) is 7.11 Å². The highest BCUT2D eigenvalue weighted by Gasteiger charge is 2.20. The molecule has 0 bridgehead atoms. The quantitative estimate of drug-likeness (QED) is 0.801. The molecule has 0 aliphatic heterocycles. The first kappa shape index (κ1) is 11.0. The summed E-state index contributed by atoms with van der Waals surface area (Å²) in [4.78, 5) is 5.44. The summed E-state index contributed by atoms with van der Waals surface area (Å²) >= 11 is 1.64. The van der Waals surface area contributed by atoms with E-state index in [1.807, 2.05) is 6.20 Å². The smallest absolute Gasteiger partial charge is 0.237 e. The van der Waals surface area contributed by atoms with Crippen molar-refractivity contribution in [2.75, 3.05) is 13.7 Å². The van der Waals surface area contributed by atoms with Crippen molar-refractivity contribution < 1.29 is 4.74 Å². The van der Waals surface area contributed by atoms with Crippen LogP contribution in [0, 0.1) is 5.92 Å². The van der Waals surface area contributed by atoms with Crippen LogP contribution in [-0.2, 0) is 6.54 Å². The number of rotatable bonds is 6. The number of nitrogens with one attached hydrogen (secondary N) is 1. The minimum absolute atomic E-state index is 0.746. The van der Waals surface area contributed by atoms with Crippen molar-refractivity contribution >= 4 is 16.3 Å². The summed E-state index contributed by atoms with van der Waals surface area (Å²) in [5, 5.41) is 5.53. The van der Waals surface area contributed by atoms with Crippen molar-refractivity contribution in [3.05, 3.63) is 17.3 Å². The van der Waals surface area contributed by atoms with E-state index in [2.05, 4.69) is 20.1 Å². The first-order chi connectivity index (χ1) is 8.38. The van der Waals surface area contributed by atoms with Gasteiger partial charge >= 0.3 is 0 Å². The molecule has 2 heterocycles. The van der Waals surface area contributed by atoms with Gasteiger partial charge in [-0.05, 0) is 18.9 Å². The molecule has 4 nitrogen and oxygen atoms in total. The minimum atomic E-state index is 0.746. The van der Waals surface area contributed by atoms with E-state index >= 15 is 0 Å². The second-order valence-electron chi connectivity index (χ2n) is 4.53. The van der Waals surface area contributed by atoms with Gasteiger partial charge in [-0.3, -0.25) is 4.40 Å². The second-order valence-corrected chi connectivity index (χ2v) is 5.41. The molecule has 1 fully saturated rings. The number of thiazole rings is 1. The molecule has 2 aromatic rings. The lowest BCUT2D eigenvalue weighted by molar-refractivity contribution is 0.392. The fourth-order valence-electron chi connectivity index (χ4n) is 2.06. The lowest BCUT2D eigenvalue weighted by Gasteiger charge is -2.05. The third-order valence-electron chi connectivity index (χ3n) is 3.24. The normalized spacial score (nSPS) is 15.6. The van der Waals surface area contributed by atoms with Crippen molar-refractivity contribution in [2.24, 2.45) is 5.92 Å². The highest BCUT2D eigenvalue weighted by Crippen LogP contribution is 2.31. The van der Waals surface area contributed by atoms with E-state index in [1.165, 1.54) is 19.3 Å². The number of hydrogen-bond acceptors (Lipinski definition) is 4. The van der Waals surface area contributed by atoms with Gasteiger partial charge in [-0.25, -0.2) is 0 Å². The molecule has 0 amide bonds. The predicted molar refractivity (Wildman–Crippen MR) is 68.7 cm³/mol. The summed E-state index contributed by atoms with van der Waals surface area (Å²) in [6.07, 6.45) is 6.19. The molecule has 92 valence electrons. The van der Waals surface area contributed by atoms with Crippen LogP contribution in [0.2, 0.25) is 0 Å². The van der Waals surface area contributed by atoms with Gasteiger partial charge in [0.2, 0.25) is 5.88 Å². The molecule has 3 rings (SSSR count). The molecule has 1 aliphatic carbocycles. The zero-order valence-corrected chi connectivity index (χ0v) is 10.8. The maximum absolute atomic E-state index is 5.31. The number of methoxy groups -OCH3 is 1. The second kappa shape index (κ2) is 4.66. The van der Waals surface area contributed by atoms with Gasteiger partial charge in [0.1, 0.15) is 5.69 Å². The Balaban J connectivity index is 1.66. The van der Waals surface area contributed by atoms with Crippen LogP contribution in [-0.4, -0.2) is 23.0 Å². The van der Waals surface area contributed by atoms with Gasteiger partial charge in [-0.1, -0.05) is 12.8 Å². The van der Waals surface area contributed by atoms with E-state index in [-0.39, 0.29) is 0 Å². The average Bonchev–Trinajstić information content (AvgIpc) is 2.94. The maximum Gasteiger partial charge on any atom is 0.237 e. The third-order valence-corrected chi connectivity index (χ3v) is 3.99. The minimum Gasteiger partial charge on any atom is -0.480 e. The third kappa shape index (κ3) is 2.30. The molecule has 0 unspecified atom stereocenters. The van der Waals surface area contributed by atoms with Gasteiger partial charge < -0.3 is 10.1 Å². The van der Waals surface area contributed by atoms with Crippen LogP contribution >= 0.6 is 11.3 Å².